The predicted octanol–water partition coefficient (Wildman–Crippen LogP) is 1.22. The summed E-state index contributed by atoms with van der Waals surface area (Å²) >= 11 is 2.42. The van der Waals surface area contributed by atoms with Crippen molar-refractivity contribution in [2.24, 2.45) is 0 Å². The molecule has 0 radical (unpaired) electrons. The summed E-state index contributed by atoms with van der Waals surface area (Å²) in [6.07, 6.45) is 5.01. The molecule has 0 fully saturated rings. The van der Waals surface area contributed by atoms with E-state index in [0.29, 0.717) is 0 Å². The van der Waals surface area contributed by atoms with E-state index in [2.05, 4.69) is 5.03 Å². The minimum absolute atomic E-state index is 0.121. The summed E-state index contributed by atoms with van der Waals surface area (Å²) in [5, 5.41) is 0. The average molecular weight is 458 g/mol. The van der Waals surface area contributed by atoms with E-state index in [4.69, 9.17) is 0 Å². The first-order chi connectivity index (χ1) is 6.91. The van der Waals surface area contributed by atoms with Gasteiger partial charge in [-0.05, 0) is 24.3 Å². The minimum atomic E-state index is -3.68. The lowest BCUT2D eigenvalue weighted by molar-refractivity contribution is -0.113. The Morgan fingerprint density at radius 3 is 1.27 bits per heavy atom. The zero-order chi connectivity index (χ0) is 11.9. The second kappa shape index (κ2) is 7.43. The average Bonchev–Trinajstić information content (AvgIpc) is 2.23. The zero-order valence-corrected chi connectivity index (χ0v) is 12.1. The maximum Gasteiger partial charge on any atom is 0.418 e. The summed E-state index contributed by atoms with van der Waals surface area (Å²) < 4.78 is 27.4. The van der Waals surface area contributed by atoms with Crippen LogP contribution in [0, 0.1) is 0 Å². The Morgan fingerprint density at radius 2 is 1.13 bits per heavy atom. The SMILES string of the molecule is O=C1C=CC(=O)C=C1.O=S(=O)(OI)OI. The summed E-state index contributed by atoms with van der Waals surface area (Å²) in [5.74, 6) is -0.241. The Labute approximate surface area is 114 Å². The molecule has 0 N–H and O–H groups in total. The molecule has 0 bridgehead atoms. The van der Waals surface area contributed by atoms with E-state index >= 15 is 0 Å². The molecule has 0 unspecified atom stereocenters. The van der Waals surface area contributed by atoms with Crippen molar-refractivity contribution in [2.45, 2.75) is 0 Å². The van der Waals surface area contributed by atoms with E-state index in [0.717, 1.165) is 0 Å². The molecule has 0 amide bonds. The number of rotatable bonds is 2. The number of carbonyl (C=O) groups excluding carboxylic acids is 2. The van der Waals surface area contributed by atoms with Crippen molar-refractivity contribution < 1.29 is 23.0 Å². The van der Waals surface area contributed by atoms with Crippen molar-refractivity contribution in [2.75, 3.05) is 0 Å². The van der Waals surface area contributed by atoms with Gasteiger partial charge in [0.15, 0.2) is 11.6 Å². The van der Waals surface area contributed by atoms with Crippen LogP contribution in [0.4, 0.5) is 0 Å². The summed E-state index contributed by atoms with van der Waals surface area (Å²) in [6, 6.07) is 0. The molecule has 0 atom stereocenters. The molecule has 0 saturated heterocycles. The molecular formula is C6H4I2O6S. The van der Waals surface area contributed by atoms with E-state index in [9.17, 15) is 18.0 Å². The van der Waals surface area contributed by atoms with Crippen LogP contribution in [0.25, 0.3) is 0 Å². The van der Waals surface area contributed by atoms with Gasteiger partial charge in [-0.25, -0.2) is 0 Å². The third-order valence-electron chi connectivity index (χ3n) is 0.978. The highest BCUT2D eigenvalue weighted by Crippen LogP contribution is 2.04. The van der Waals surface area contributed by atoms with Gasteiger partial charge < -0.3 is 0 Å². The molecule has 1 aliphatic carbocycles. The van der Waals surface area contributed by atoms with Crippen molar-refractivity contribution in [3.8, 4) is 0 Å². The standard InChI is InChI=1S/C6H4O2.I2O4S/c7-5-1-2-6(8)4-3-5;1-5-7(3,4)6-2/h1-4H;. The molecule has 0 aliphatic heterocycles. The minimum Gasteiger partial charge on any atom is -0.290 e. The Kier molecular flexibility index (Phi) is 7.50. The van der Waals surface area contributed by atoms with Gasteiger partial charge in [0.1, 0.15) is 46.0 Å². The number of ketones is 2. The van der Waals surface area contributed by atoms with Gasteiger partial charge >= 0.3 is 10.4 Å². The molecule has 0 aromatic carbocycles. The van der Waals surface area contributed by atoms with E-state index in [1.807, 2.05) is 0 Å². The monoisotopic (exact) mass is 458 g/mol. The third kappa shape index (κ3) is 8.01. The van der Waals surface area contributed by atoms with Crippen molar-refractivity contribution in [1.29, 1.82) is 0 Å². The molecule has 9 heteroatoms. The topological polar surface area (TPSA) is 86.7 Å². The molecular weight excluding hydrogens is 454 g/mol. The quantitative estimate of drug-likeness (QED) is 0.457. The number of allylic oxidation sites excluding steroid dienone is 4. The normalized spacial score (nSPS) is 14.8. The van der Waals surface area contributed by atoms with Gasteiger partial charge in [0.05, 0.1) is 0 Å². The van der Waals surface area contributed by atoms with Crippen LogP contribution in [0.3, 0.4) is 0 Å². The highest BCUT2D eigenvalue weighted by Gasteiger charge is 2.05. The van der Waals surface area contributed by atoms with Crippen molar-refractivity contribution in [3.63, 3.8) is 0 Å². The molecule has 0 aromatic heterocycles. The molecule has 0 spiro atoms. The lowest BCUT2D eigenvalue weighted by Crippen LogP contribution is -1.97. The number of hydrogen-bond donors (Lipinski definition) is 0. The number of carbonyl (C=O) groups is 2. The molecule has 1 rings (SSSR count). The van der Waals surface area contributed by atoms with E-state index < -0.39 is 10.4 Å². The maximum absolute atomic E-state index is 10.3. The highest BCUT2D eigenvalue weighted by atomic mass is 127. The van der Waals surface area contributed by atoms with Gasteiger partial charge in [0, 0.05) is 0 Å². The third-order valence-corrected chi connectivity index (χ3v) is 3.93. The van der Waals surface area contributed by atoms with Crippen LogP contribution in [0.5, 0.6) is 0 Å². The van der Waals surface area contributed by atoms with E-state index in [1.54, 1.807) is 0 Å². The Morgan fingerprint density at radius 1 is 0.867 bits per heavy atom. The van der Waals surface area contributed by atoms with Crippen molar-refractivity contribution in [3.05, 3.63) is 24.3 Å². The summed E-state index contributed by atoms with van der Waals surface area (Å²) in [6.45, 7) is 0. The fourth-order valence-electron chi connectivity index (χ4n) is 0.449. The van der Waals surface area contributed by atoms with Crippen LogP contribution >= 0.6 is 46.0 Å². The second-order valence-corrected chi connectivity index (χ2v) is 5.23. The Bertz CT molecular complexity index is 348. The molecule has 0 saturated carbocycles. The van der Waals surface area contributed by atoms with Crippen LogP contribution < -0.4 is 0 Å². The number of halogens is 2. The van der Waals surface area contributed by atoms with Crippen LogP contribution in [-0.2, 0) is 25.0 Å². The summed E-state index contributed by atoms with van der Waals surface area (Å²) in [4.78, 5) is 20.6. The largest absolute Gasteiger partial charge is 0.418 e. The highest BCUT2D eigenvalue weighted by molar-refractivity contribution is 14.1. The van der Waals surface area contributed by atoms with Crippen LogP contribution in [0.1, 0.15) is 0 Å². The summed E-state index contributed by atoms with van der Waals surface area (Å²) in [7, 11) is -3.68. The van der Waals surface area contributed by atoms with Gasteiger partial charge in [-0.2, -0.15) is 13.4 Å². The first-order valence-corrected chi connectivity index (χ1v) is 6.30. The Balaban J connectivity index is 0.000000265. The first kappa shape index (κ1) is 15.2. The molecule has 1 aliphatic rings. The van der Waals surface area contributed by atoms with Gasteiger partial charge in [0.25, 0.3) is 0 Å². The predicted molar refractivity (Wildman–Crippen MR) is 67.4 cm³/mol. The van der Waals surface area contributed by atoms with Gasteiger partial charge in [-0.1, -0.05) is 0 Å². The van der Waals surface area contributed by atoms with Gasteiger partial charge in [-0.3, -0.25) is 9.59 Å². The lowest BCUT2D eigenvalue weighted by atomic mass is 10.2. The van der Waals surface area contributed by atoms with Crippen LogP contribution in [0.2, 0.25) is 0 Å². The molecule has 0 heterocycles. The van der Waals surface area contributed by atoms with Gasteiger partial charge in [0.2, 0.25) is 0 Å². The zero-order valence-electron chi connectivity index (χ0n) is 6.92. The Hall–Kier alpha value is 0.150. The first-order valence-electron chi connectivity index (χ1n) is 3.20. The van der Waals surface area contributed by atoms with Crippen LogP contribution in [0.15, 0.2) is 24.3 Å². The fourth-order valence-corrected chi connectivity index (χ4v) is 1.75. The van der Waals surface area contributed by atoms with Crippen molar-refractivity contribution in [1.82, 2.24) is 0 Å². The molecule has 15 heavy (non-hydrogen) atoms. The van der Waals surface area contributed by atoms with E-state index in [1.165, 1.54) is 70.3 Å². The second-order valence-electron chi connectivity index (χ2n) is 2.01. The maximum atomic E-state index is 10.3. The van der Waals surface area contributed by atoms with E-state index in [-0.39, 0.29) is 11.6 Å². The van der Waals surface area contributed by atoms with Crippen molar-refractivity contribution >= 4 is 68.0 Å². The van der Waals surface area contributed by atoms with Crippen LogP contribution in [-0.4, -0.2) is 20.0 Å². The molecule has 6 nitrogen and oxygen atoms in total. The van der Waals surface area contributed by atoms with Gasteiger partial charge in [-0.15, -0.1) is 0 Å². The molecule has 0 aromatic rings. The fraction of sp³-hybridized carbons (Fsp3) is 0. The number of hydrogen-bond acceptors (Lipinski definition) is 6. The smallest absolute Gasteiger partial charge is 0.290 e. The summed E-state index contributed by atoms with van der Waals surface area (Å²) in [5.41, 5.74) is 0. The molecule has 84 valence electrons. The lowest BCUT2D eigenvalue weighted by Gasteiger charge is -1.87.